The van der Waals surface area contributed by atoms with Crippen LogP contribution < -0.4 is 10.1 Å². The van der Waals surface area contributed by atoms with Crippen molar-refractivity contribution < 1.29 is 9.84 Å². The lowest BCUT2D eigenvalue weighted by Gasteiger charge is -2.37. The van der Waals surface area contributed by atoms with E-state index in [1.54, 1.807) is 0 Å². The quantitative estimate of drug-likeness (QED) is 0.839. The summed E-state index contributed by atoms with van der Waals surface area (Å²) < 4.78 is 5.45. The Kier molecular flexibility index (Phi) is 5.44. The van der Waals surface area contributed by atoms with Crippen molar-refractivity contribution in [2.45, 2.75) is 57.6 Å². The normalized spacial score (nSPS) is 26.4. The van der Waals surface area contributed by atoms with Crippen LogP contribution in [0.4, 0.5) is 0 Å². The first-order chi connectivity index (χ1) is 9.68. The van der Waals surface area contributed by atoms with Crippen molar-refractivity contribution in [3.8, 4) is 5.75 Å². The Labute approximate surface area is 122 Å². The summed E-state index contributed by atoms with van der Waals surface area (Å²) >= 11 is 0. The van der Waals surface area contributed by atoms with Gasteiger partial charge in [-0.05, 0) is 63.3 Å². The van der Waals surface area contributed by atoms with Crippen LogP contribution in [0.5, 0.6) is 5.75 Å². The molecule has 0 amide bonds. The van der Waals surface area contributed by atoms with Gasteiger partial charge in [0.1, 0.15) is 5.75 Å². The van der Waals surface area contributed by atoms with Gasteiger partial charge < -0.3 is 15.2 Å². The first kappa shape index (κ1) is 15.3. The Hall–Kier alpha value is -1.06. The Morgan fingerprint density at radius 3 is 2.40 bits per heavy atom. The van der Waals surface area contributed by atoms with Crippen LogP contribution in [0.25, 0.3) is 0 Å². The summed E-state index contributed by atoms with van der Waals surface area (Å²) in [6.07, 6.45) is 4.93. The van der Waals surface area contributed by atoms with Crippen molar-refractivity contribution in [3.63, 3.8) is 0 Å². The third-order valence-electron chi connectivity index (χ3n) is 4.20. The second-order valence-electron chi connectivity index (χ2n) is 5.72. The predicted octanol–water partition coefficient (Wildman–Crippen LogP) is 3.22. The number of ether oxygens (including phenoxy) is 1. The topological polar surface area (TPSA) is 41.5 Å². The number of hydrogen-bond donors (Lipinski definition) is 2. The van der Waals surface area contributed by atoms with Crippen LogP contribution in [0, 0.1) is 0 Å². The molecular formula is C17H27NO2. The molecule has 1 saturated carbocycles. The zero-order valence-electron chi connectivity index (χ0n) is 12.7. The molecule has 0 heterocycles. The van der Waals surface area contributed by atoms with Crippen LogP contribution >= 0.6 is 0 Å². The van der Waals surface area contributed by atoms with E-state index in [4.69, 9.17) is 4.74 Å². The van der Waals surface area contributed by atoms with Crippen LogP contribution in [0.3, 0.4) is 0 Å². The highest BCUT2D eigenvalue weighted by atomic mass is 16.5. The third-order valence-corrected chi connectivity index (χ3v) is 4.20. The number of aliphatic hydroxyl groups is 1. The van der Waals surface area contributed by atoms with E-state index in [1.165, 1.54) is 6.42 Å². The molecule has 0 unspecified atom stereocenters. The fourth-order valence-electron chi connectivity index (χ4n) is 2.96. The van der Waals surface area contributed by atoms with Gasteiger partial charge in [0.15, 0.2) is 0 Å². The van der Waals surface area contributed by atoms with Crippen molar-refractivity contribution in [2.24, 2.45) is 0 Å². The first-order valence-electron chi connectivity index (χ1n) is 7.87. The van der Waals surface area contributed by atoms with E-state index in [9.17, 15) is 5.11 Å². The summed E-state index contributed by atoms with van der Waals surface area (Å²) in [4.78, 5) is 0. The molecule has 3 nitrogen and oxygen atoms in total. The number of nitrogens with one attached hydrogen (secondary N) is 1. The van der Waals surface area contributed by atoms with Crippen LogP contribution in [0.1, 0.15) is 51.5 Å². The lowest BCUT2D eigenvalue weighted by molar-refractivity contribution is -0.00829. The fourth-order valence-corrected chi connectivity index (χ4v) is 2.96. The smallest absolute Gasteiger partial charge is 0.119 e. The van der Waals surface area contributed by atoms with Gasteiger partial charge in [0, 0.05) is 6.04 Å². The van der Waals surface area contributed by atoms with Crippen molar-refractivity contribution >= 4 is 0 Å². The predicted molar refractivity (Wildman–Crippen MR) is 82.1 cm³/mol. The van der Waals surface area contributed by atoms with E-state index in [0.29, 0.717) is 12.6 Å². The van der Waals surface area contributed by atoms with Crippen molar-refractivity contribution in [1.82, 2.24) is 5.32 Å². The maximum atomic E-state index is 10.8. The van der Waals surface area contributed by atoms with Crippen LogP contribution in [-0.4, -0.2) is 24.3 Å². The average molecular weight is 277 g/mol. The van der Waals surface area contributed by atoms with E-state index < -0.39 is 5.60 Å². The van der Waals surface area contributed by atoms with Gasteiger partial charge in [0.05, 0.1) is 12.2 Å². The molecule has 0 radical (unpaired) electrons. The second kappa shape index (κ2) is 7.09. The molecule has 2 N–H and O–H groups in total. The molecule has 0 bridgehead atoms. The Bertz CT molecular complexity index is 394. The van der Waals surface area contributed by atoms with Gasteiger partial charge in [0.25, 0.3) is 0 Å². The molecule has 3 heteroatoms. The van der Waals surface area contributed by atoms with Crippen molar-refractivity contribution in [3.05, 3.63) is 29.8 Å². The zero-order chi connectivity index (χ0) is 14.4. The maximum absolute atomic E-state index is 10.8. The minimum atomic E-state index is -0.658. The van der Waals surface area contributed by atoms with Gasteiger partial charge in [-0.2, -0.15) is 0 Å². The van der Waals surface area contributed by atoms with E-state index in [1.807, 2.05) is 31.2 Å². The number of benzene rings is 1. The highest BCUT2D eigenvalue weighted by Crippen LogP contribution is 2.37. The highest BCUT2D eigenvalue weighted by molar-refractivity contribution is 5.31. The molecule has 20 heavy (non-hydrogen) atoms. The highest BCUT2D eigenvalue weighted by Gasteiger charge is 2.34. The molecule has 1 fully saturated rings. The molecule has 0 spiro atoms. The van der Waals surface area contributed by atoms with Gasteiger partial charge in [-0.1, -0.05) is 19.1 Å². The Morgan fingerprint density at radius 1 is 1.20 bits per heavy atom. The summed E-state index contributed by atoms with van der Waals surface area (Å²) in [6, 6.07) is 8.49. The SMILES string of the molecule is CCCNC1CCC(O)(c2ccc(OCC)cc2)CC1. The molecule has 1 aliphatic carbocycles. The Morgan fingerprint density at radius 2 is 1.85 bits per heavy atom. The fraction of sp³-hybridized carbons (Fsp3) is 0.647. The molecule has 0 aromatic heterocycles. The monoisotopic (exact) mass is 277 g/mol. The average Bonchev–Trinajstić information content (AvgIpc) is 2.48. The van der Waals surface area contributed by atoms with Gasteiger partial charge in [0.2, 0.25) is 0 Å². The summed E-state index contributed by atoms with van der Waals surface area (Å²) in [6.45, 7) is 5.92. The summed E-state index contributed by atoms with van der Waals surface area (Å²) in [5.41, 5.74) is 0.365. The van der Waals surface area contributed by atoms with E-state index in [2.05, 4.69) is 12.2 Å². The van der Waals surface area contributed by atoms with Crippen molar-refractivity contribution in [2.75, 3.05) is 13.2 Å². The van der Waals surface area contributed by atoms with Gasteiger partial charge >= 0.3 is 0 Å². The zero-order valence-corrected chi connectivity index (χ0v) is 12.7. The number of rotatable bonds is 6. The molecule has 1 aromatic rings. The van der Waals surface area contributed by atoms with Crippen molar-refractivity contribution in [1.29, 1.82) is 0 Å². The molecular weight excluding hydrogens is 250 g/mol. The summed E-state index contributed by atoms with van der Waals surface area (Å²) in [5.74, 6) is 0.873. The molecule has 2 rings (SSSR count). The van der Waals surface area contributed by atoms with Gasteiger partial charge in [-0.15, -0.1) is 0 Å². The van der Waals surface area contributed by atoms with Crippen LogP contribution in [-0.2, 0) is 5.60 Å². The lowest BCUT2D eigenvalue weighted by atomic mass is 9.77. The van der Waals surface area contributed by atoms with Crippen LogP contribution in [0.2, 0.25) is 0 Å². The maximum Gasteiger partial charge on any atom is 0.119 e. The Balaban J connectivity index is 1.94. The largest absolute Gasteiger partial charge is 0.494 e. The van der Waals surface area contributed by atoms with E-state index in [-0.39, 0.29) is 0 Å². The molecule has 0 saturated heterocycles. The molecule has 0 atom stereocenters. The summed E-state index contributed by atoms with van der Waals surface area (Å²) in [7, 11) is 0. The second-order valence-corrected chi connectivity index (χ2v) is 5.72. The van der Waals surface area contributed by atoms with E-state index in [0.717, 1.165) is 43.5 Å². The van der Waals surface area contributed by atoms with Gasteiger partial charge in [-0.25, -0.2) is 0 Å². The minimum absolute atomic E-state index is 0.568. The third kappa shape index (κ3) is 3.74. The summed E-state index contributed by atoms with van der Waals surface area (Å²) in [5, 5.41) is 14.4. The molecule has 0 aliphatic heterocycles. The van der Waals surface area contributed by atoms with Gasteiger partial charge in [-0.3, -0.25) is 0 Å². The van der Waals surface area contributed by atoms with E-state index >= 15 is 0 Å². The molecule has 1 aliphatic rings. The standard InChI is InChI=1S/C17H27NO2/c1-3-13-18-15-9-11-17(19,12-10-15)14-5-7-16(8-6-14)20-4-2/h5-8,15,18-19H,3-4,9-13H2,1-2H3. The molecule has 1 aromatic carbocycles. The first-order valence-corrected chi connectivity index (χ1v) is 7.87. The van der Waals surface area contributed by atoms with Crippen LogP contribution in [0.15, 0.2) is 24.3 Å². The number of hydrogen-bond acceptors (Lipinski definition) is 3. The minimum Gasteiger partial charge on any atom is -0.494 e. The lowest BCUT2D eigenvalue weighted by Crippen LogP contribution is -2.40. The molecule has 112 valence electrons.